The summed E-state index contributed by atoms with van der Waals surface area (Å²) in [5.41, 5.74) is 6.23. The van der Waals surface area contributed by atoms with Gasteiger partial charge in [0.25, 0.3) is 0 Å². The molecule has 138 valence electrons. The molecule has 0 aliphatic carbocycles. The maximum Gasteiger partial charge on any atom is 0.151 e. The molecule has 0 atom stereocenters. The molecule has 0 saturated heterocycles. The number of rotatable bonds is 5. The zero-order chi connectivity index (χ0) is 19.0. The zero-order valence-electron chi connectivity index (χ0n) is 15.7. The number of nitrogens with one attached hydrogen (secondary N) is 1. The molecule has 0 fully saturated rings. The van der Waals surface area contributed by atoms with Crippen LogP contribution >= 0.6 is 0 Å². The van der Waals surface area contributed by atoms with Crippen LogP contribution in [0.4, 0.5) is 8.78 Å². The Balaban J connectivity index is 1.80. The van der Waals surface area contributed by atoms with Gasteiger partial charge in [-0.1, -0.05) is 0 Å². The quantitative estimate of drug-likeness (QED) is 0.759. The minimum Gasteiger partial charge on any atom is -0.308 e. The fourth-order valence-corrected chi connectivity index (χ4v) is 3.20. The molecular weight excluding hydrogens is 336 g/mol. The molecule has 3 aromatic rings. The van der Waals surface area contributed by atoms with Crippen molar-refractivity contribution in [1.82, 2.24) is 24.9 Å². The highest BCUT2D eigenvalue weighted by atomic mass is 19.1. The summed E-state index contributed by atoms with van der Waals surface area (Å²) >= 11 is 0. The number of hydrogen-bond acceptors (Lipinski definition) is 3. The molecule has 3 rings (SSSR count). The predicted octanol–water partition coefficient (Wildman–Crippen LogP) is 3.41. The number of aryl methyl sites for hydroxylation is 3. The van der Waals surface area contributed by atoms with Crippen molar-refractivity contribution in [2.45, 2.75) is 40.8 Å². The van der Waals surface area contributed by atoms with E-state index >= 15 is 0 Å². The summed E-state index contributed by atoms with van der Waals surface area (Å²) in [6, 6.07) is 3.52. The molecular formula is C19H23F2N5. The van der Waals surface area contributed by atoms with Crippen LogP contribution in [-0.4, -0.2) is 19.6 Å². The first-order valence-corrected chi connectivity index (χ1v) is 8.50. The monoisotopic (exact) mass is 359 g/mol. The highest BCUT2D eigenvalue weighted by molar-refractivity contribution is 5.38. The van der Waals surface area contributed by atoms with E-state index in [1.54, 1.807) is 0 Å². The van der Waals surface area contributed by atoms with E-state index in [1.165, 1.54) is 22.4 Å². The molecule has 0 unspecified atom stereocenters. The third-order valence-corrected chi connectivity index (χ3v) is 4.84. The van der Waals surface area contributed by atoms with Gasteiger partial charge in [-0.15, -0.1) is 0 Å². The smallest absolute Gasteiger partial charge is 0.151 e. The minimum absolute atomic E-state index is 0.247. The van der Waals surface area contributed by atoms with E-state index in [0.29, 0.717) is 13.1 Å². The molecule has 0 spiro atoms. The molecule has 1 N–H and O–H groups in total. The SMILES string of the molecule is Cc1nn(C)c(C)c1CNCc1c(C)nn(-c2ccc(F)cc2F)c1C. The van der Waals surface area contributed by atoms with E-state index in [4.69, 9.17) is 0 Å². The van der Waals surface area contributed by atoms with Crippen LogP contribution < -0.4 is 5.32 Å². The molecule has 0 aliphatic rings. The van der Waals surface area contributed by atoms with Crippen LogP contribution in [0.1, 0.15) is 33.9 Å². The summed E-state index contributed by atoms with van der Waals surface area (Å²) in [5, 5.41) is 12.3. The Labute approximate surface area is 151 Å². The number of halogens is 2. The average Bonchev–Trinajstić information content (AvgIpc) is 2.98. The molecule has 26 heavy (non-hydrogen) atoms. The number of hydrogen-bond donors (Lipinski definition) is 1. The van der Waals surface area contributed by atoms with Crippen LogP contribution in [0.5, 0.6) is 0 Å². The average molecular weight is 359 g/mol. The van der Waals surface area contributed by atoms with Crippen molar-refractivity contribution >= 4 is 0 Å². The van der Waals surface area contributed by atoms with Crippen molar-refractivity contribution in [3.63, 3.8) is 0 Å². The summed E-state index contributed by atoms with van der Waals surface area (Å²) in [5.74, 6) is -1.23. The third-order valence-electron chi connectivity index (χ3n) is 4.84. The number of nitrogens with zero attached hydrogens (tertiary/aromatic N) is 4. The van der Waals surface area contributed by atoms with Gasteiger partial charge >= 0.3 is 0 Å². The van der Waals surface area contributed by atoms with Crippen LogP contribution in [-0.2, 0) is 20.1 Å². The van der Waals surface area contributed by atoms with Crippen molar-refractivity contribution in [1.29, 1.82) is 0 Å². The highest BCUT2D eigenvalue weighted by Gasteiger charge is 2.16. The van der Waals surface area contributed by atoms with Crippen LogP contribution in [0.15, 0.2) is 18.2 Å². The Morgan fingerprint density at radius 2 is 1.54 bits per heavy atom. The van der Waals surface area contributed by atoms with Gasteiger partial charge in [-0.2, -0.15) is 10.2 Å². The summed E-state index contributed by atoms with van der Waals surface area (Å²) < 4.78 is 30.7. The number of aromatic nitrogens is 4. The van der Waals surface area contributed by atoms with E-state index in [-0.39, 0.29) is 5.69 Å². The maximum atomic E-state index is 14.1. The second-order valence-electron chi connectivity index (χ2n) is 6.53. The molecule has 5 nitrogen and oxygen atoms in total. The lowest BCUT2D eigenvalue weighted by molar-refractivity contribution is 0.572. The summed E-state index contributed by atoms with van der Waals surface area (Å²) in [7, 11) is 1.93. The van der Waals surface area contributed by atoms with E-state index < -0.39 is 11.6 Å². The Morgan fingerprint density at radius 3 is 2.12 bits per heavy atom. The molecule has 1 aromatic carbocycles. The summed E-state index contributed by atoms with van der Waals surface area (Å²) in [6.45, 7) is 9.12. The van der Waals surface area contributed by atoms with Gasteiger partial charge in [-0.25, -0.2) is 13.5 Å². The largest absolute Gasteiger partial charge is 0.308 e. The Kier molecular flexibility index (Phi) is 4.91. The molecule has 0 aliphatic heterocycles. The standard InChI is InChI=1S/C19H23F2N5/c1-11-16(13(3)25(5)23-11)9-22-10-17-12(2)24-26(14(17)4)19-7-6-15(20)8-18(19)21/h6-8,22H,9-10H2,1-5H3. The number of benzene rings is 1. The van der Waals surface area contributed by atoms with Gasteiger partial charge in [0.1, 0.15) is 11.5 Å². The molecule has 0 radical (unpaired) electrons. The van der Waals surface area contributed by atoms with Gasteiger partial charge in [0.05, 0.1) is 11.4 Å². The fourth-order valence-electron chi connectivity index (χ4n) is 3.20. The highest BCUT2D eigenvalue weighted by Crippen LogP contribution is 2.21. The van der Waals surface area contributed by atoms with Gasteiger partial charge < -0.3 is 5.32 Å². The van der Waals surface area contributed by atoms with E-state index in [0.717, 1.165) is 34.4 Å². The van der Waals surface area contributed by atoms with Gasteiger partial charge in [0.15, 0.2) is 5.82 Å². The topological polar surface area (TPSA) is 47.7 Å². The van der Waals surface area contributed by atoms with Crippen LogP contribution in [0.25, 0.3) is 5.69 Å². The first-order valence-electron chi connectivity index (χ1n) is 8.50. The normalized spacial score (nSPS) is 11.3. The van der Waals surface area contributed by atoms with Crippen LogP contribution in [0, 0.1) is 39.3 Å². The van der Waals surface area contributed by atoms with Gasteiger partial charge in [-0.3, -0.25) is 4.68 Å². The lowest BCUT2D eigenvalue weighted by Crippen LogP contribution is -2.15. The molecule has 0 saturated carbocycles. The Morgan fingerprint density at radius 1 is 0.923 bits per heavy atom. The van der Waals surface area contributed by atoms with E-state index in [9.17, 15) is 8.78 Å². The minimum atomic E-state index is -0.628. The molecule has 7 heteroatoms. The van der Waals surface area contributed by atoms with E-state index in [1.807, 2.05) is 39.4 Å². The van der Waals surface area contributed by atoms with Crippen molar-refractivity contribution in [2.75, 3.05) is 0 Å². The lowest BCUT2D eigenvalue weighted by Gasteiger charge is -2.08. The summed E-state index contributed by atoms with van der Waals surface area (Å²) in [4.78, 5) is 0. The van der Waals surface area contributed by atoms with Crippen molar-refractivity contribution in [3.05, 3.63) is 63.7 Å². The molecule has 0 bridgehead atoms. The van der Waals surface area contributed by atoms with Gasteiger partial charge in [-0.05, 0) is 39.8 Å². The van der Waals surface area contributed by atoms with Crippen LogP contribution in [0.2, 0.25) is 0 Å². The zero-order valence-corrected chi connectivity index (χ0v) is 15.7. The third kappa shape index (κ3) is 3.26. The second kappa shape index (κ2) is 6.99. The maximum absolute atomic E-state index is 14.1. The molecule has 2 heterocycles. The Hall–Kier alpha value is -2.54. The first-order chi connectivity index (χ1) is 12.3. The van der Waals surface area contributed by atoms with E-state index in [2.05, 4.69) is 15.5 Å². The van der Waals surface area contributed by atoms with Gasteiger partial charge in [0.2, 0.25) is 0 Å². The van der Waals surface area contributed by atoms with Crippen molar-refractivity contribution < 1.29 is 8.78 Å². The second-order valence-corrected chi connectivity index (χ2v) is 6.53. The van der Waals surface area contributed by atoms with Crippen molar-refractivity contribution in [3.8, 4) is 5.69 Å². The summed E-state index contributed by atoms with van der Waals surface area (Å²) in [6.07, 6.45) is 0. The van der Waals surface area contributed by atoms with Crippen LogP contribution in [0.3, 0.4) is 0 Å². The molecule has 2 aromatic heterocycles. The van der Waals surface area contributed by atoms with Crippen molar-refractivity contribution in [2.24, 2.45) is 7.05 Å². The van der Waals surface area contributed by atoms with Gasteiger partial charge in [0, 0.05) is 48.7 Å². The lowest BCUT2D eigenvalue weighted by atomic mass is 10.1. The Bertz CT molecular complexity index is 955. The first kappa shape index (κ1) is 18.3. The predicted molar refractivity (Wildman–Crippen MR) is 96.2 cm³/mol. The fraction of sp³-hybridized carbons (Fsp3) is 0.368. The molecule has 0 amide bonds.